The van der Waals surface area contributed by atoms with Gasteiger partial charge in [-0.05, 0) is 55.3 Å². The summed E-state index contributed by atoms with van der Waals surface area (Å²) >= 11 is 0. The highest BCUT2D eigenvalue weighted by molar-refractivity contribution is 5.49. The first-order valence-electron chi connectivity index (χ1n) is 11.4. The van der Waals surface area contributed by atoms with Crippen LogP contribution in [0.3, 0.4) is 0 Å². The van der Waals surface area contributed by atoms with Gasteiger partial charge in [0, 0.05) is 18.0 Å². The molecule has 1 N–H and O–H groups in total. The Bertz CT molecular complexity index is 983. The molecule has 0 aromatic heterocycles. The lowest BCUT2D eigenvalue weighted by atomic mass is 9.72. The van der Waals surface area contributed by atoms with Gasteiger partial charge in [-0.2, -0.15) is 0 Å². The minimum absolute atomic E-state index is 0.175. The standard InChI is InChI=1S/C28H33NO3/c1-31-24-17-15-23(16-18-24)28(30,25-13-7-8-14-27(25)32-2)26(22-11-5-3-6-12-22)21-29-19-9-4-10-20-29/h3,5-8,11-18,26,30H,4,9-10,19-21H2,1-2H3/t26-,28+/m0/s1. The summed E-state index contributed by atoms with van der Waals surface area (Å²) in [6, 6.07) is 26.0. The lowest BCUT2D eigenvalue weighted by Crippen LogP contribution is -2.43. The Morgan fingerprint density at radius 1 is 0.812 bits per heavy atom. The molecule has 0 saturated carbocycles. The molecule has 32 heavy (non-hydrogen) atoms. The highest BCUT2D eigenvalue weighted by Gasteiger charge is 2.44. The fraction of sp³-hybridized carbons (Fsp3) is 0.357. The molecule has 0 bridgehead atoms. The Morgan fingerprint density at radius 2 is 1.47 bits per heavy atom. The van der Waals surface area contributed by atoms with Gasteiger partial charge in [-0.1, -0.05) is 67.1 Å². The molecule has 3 aromatic carbocycles. The maximum atomic E-state index is 12.7. The molecular formula is C28H33NO3. The molecule has 0 unspecified atom stereocenters. The Kier molecular flexibility index (Phi) is 7.13. The molecule has 1 aliphatic heterocycles. The first-order valence-corrected chi connectivity index (χ1v) is 11.4. The van der Waals surface area contributed by atoms with Crippen LogP contribution in [0.4, 0.5) is 0 Å². The van der Waals surface area contributed by atoms with Crippen molar-refractivity contribution >= 4 is 0 Å². The first-order chi connectivity index (χ1) is 15.7. The number of benzene rings is 3. The Labute approximate surface area is 191 Å². The minimum Gasteiger partial charge on any atom is -0.497 e. The summed E-state index contributed by atoms with van der Waals surface area (Å²) in [5.74, 6) is 1.28. The molecular weight excluding hydrogens is 398 g/mol. The van der Waals surface area contributed by atoms with Crippen molar-refractivity contribution in [2.24, 2.45) is 0 Å². The maximum Gasteiger partial charge on any atom is 0.126 e. The summed E-state index contributed by atoms with van der Waals surface area (Å²) < 4.78 is 11.1. The van der Waals surface area contributed by atoms with Crippen LogP contribution in [0.25, 0.3) is 0 Å². The molecule has 4 heteroatoms. The van der Waals surface area contributed by atoms with E-state index in [1.165, 1.54) is 19.3 Å². The fourth-order valence-electron chi connectivity index (χ4n) is 4.91. The monoisotopic (exact) mass is 431 g/mol. The van der Waals surface area contributed by atoms with Crippen molar-refractivity contribution < 1.29 is 14.6 Å². The van der Waals surface area contributed by atoms with Crippen molar-refractivity contribution in [3.63, 3.8) is 0 Å². The molecule has 0 amide bonds. The normalized spacial score (nSPS) is 17.3. The van der Waals surface area contributed by atoms with Crippen LogP contribution in [0.5, 0.6) is 11.5 Å². The summed E-state index contributed by atoms with van der Waals surface area (Å²) in [6.07, 6.45) is 3.69. The Morgan fingerprint density at radius 3 is 2.12 bits per heavy atom. The lowest BCUT2D eigenvalue weighted by Gasteiger charge is -2.41. The number of hydrogen-bond donors (Lipinski definition) is 1. The summed E-state index contributed by atoms with van der Waals surface area (Å²) in [5, 5.41) is 12.7. The van der Waals surface area contributed by atoms with Gasteiger partial charge in [0.05, 0.1) is 14.2 Å². The molecule has 4 nitrogen and oxygen atoms in total. The zero-order chi connectivity index (χ0) is 22.4. The fourth-order valence-corrected chi connectivity index (χ4v) is 4.91. The smallest absolute Gasteiger partial charge is 0.126 e. The van der Waals surface area contributed by atoms with E-state index in [2.05, 4.69) is 29.2 Å². The molecule has 3 aromatic rings. The SMILES string of the molecule is COc1ccc([C@@](O)(c2ccccc2OC)[C@@H](CN2CCCCC2)c2ccccc2)cc1. The molecule has 0 aliphatic carbocycles. The maximum absolute atomic E-state index is 12.7. The molecule has 1 saturated heterocycles. The predicted molar refractivity (Wildman–Crippen MR) is 128 cm³/mol. The number of ether oxygens (including phenoxy) is 2. The largest absolute Gasteiger partial charge is 0.497 e. The number of hydrogen-bond acceptors (Lipinski definition) is 4. The average Bonchev–Trinajstić information content (AvgIpc) is 2.88. The number of rotatable bonds is 8. The third kappa shape index (κ3) is 4.52. The second-order valence-electron chi connectivity index (χ2n) is 8.52. The molecule has 1 heterocycles. The van der Waals surface area contributed by atoms with E-state index in [9.17, 15) is 5.11 Å². The quantitative estimate of drug-likeness (QED) is 0.532. The molecule has 1 aliphatic rings. The Hall–Kier alpha value is -2.82. The average molecular weight is 432 g/mol. The van der Waals surface area contributed by atoms with E-state index in [4.69, 9.17) is 9.47 Å². The topological polar surface area (TPSA) is 41.9 Å². The van der Waals surface area contributed by atoms with Gasteiger partial charge in [-0.25, -0.2) is 0 Å². The summed E-state index contributed by atoms with van der Waals surface area (Å²) in [4.78, 5) is 2.49. The summed E-state index contributed by atoms with van der Waals surface area (Å²) in [6.45, 7) is 2.90. The van der Waals surface area contributed by atoms with Crippen LogP contribution in [0.1, 0.15) is 41.9 Å². The van der Waals surface area contributed by atoms with E-state index >= 15 is 0 Å². The molecule has 4 rings (SSSR count). The number of piperidine rings is 1. The highest BCUT2D eigenvalue weighted by atomic mass is 16.5. The third-order valence-corrected chi connectivity index (χ3v) is 6.64. The van der Waals surface area contributed by atoms with Gasteiger partial charge in [-0.15, -0.1) is 0 Å². The molecule has 0 spiro atoms. The zero-order valence-electron chi connectivity index (χ0n) is 19.0. The van der Waals surface area contributed by atoms with Gasteiger partial charge in [0.1, 0.15) is 17.1 Å². The molecule has 2 atom stereocenters. The van der Waals surface area contributed by atoms with E-state index < -0.39 is 5.60 Å². The van der Waals surface area contributed by atoms with Gasteiger partial charge >= 0.3 is 0 Å². The minimum atomic E-state index is -1.28. The zero-order valence-corrected chi connectivity index (χ0v) is 19.0. The van der Waals surface area contributed by atoms with Crippen molar-refractivity contribution in [1.29, 1.82) is 0 Å². The molecule has 168 valence electrons. The van der Waals surface area contributed by atoms with Crippen molar-refractivity contribution in [1.82, 2.24) is 4.90 Å². The van der Waals surface area contributed by atoms with Gasteiger partial charge in [-0.3, -0.25) is 0 Å². The number of aliphatic hydroxyl groups is 1. The lowest BCUT2D eigenvalue weighted by molar-refractivity contribution is 0.0290. The van der Waals surface area contributed by atoms with Crippen LogP contribution in [0.15, 0.2) is 78.9 Å². The van der Waals surface area contributed by atoms with Crippen molar-refractivity contribution in [3.8, 4) is 11.5 Å². The van der Waals surface area contributed by atoms with Gasteiger partial charge in [0.15, 0.2) is 0 Å². The van der Waals surface area contributed by atoms with Crippen LogP contribution in [0.2, 0.25) is 0 Å². The van der Waals surface area contributed by atoms with E-state index in [1.54, 1.807) is 14.2 Å². The second kappa shape index (κ2) is 10.2. The van der Waals surface area contributed by atoms with Crippen LogP contribution >= 0.6 is 0 Å². The molecule has 0 radical (unpaired) electrons. The van der Waals surface area contributed by atoms with Crippen LogP contribution in [0, 0.1) is 0 Å². The van der Waals surface area contributed by atoms with E-state index in [1.807, 2.05) is 54.6 Å². The Balaban J connectivity index is 1.89. The van der Waals surface area contributed by atoms with Crippen molar-refractivity contribution in [3.05, 3.63) is 95.6 Å². The molecule has 1 fully saturated rings. The van der Waals surface area contributed by atoms with Crippen LogP contribution < -0.4 is 9.47 Å². The number of methoxy groups -OCH3 is 2. The second-order valence-corrected chi connectivity index (χ2v) is 8.52. The van der Waals surface area contributed by atoms with Crippen LogP contribution in [-0.4, -0.2) is 43.9 Å². The number of likely N-dealkylation sites (tertiary alicyclic amines) is 1. The predicted octanol–water partition coefficient (Wildman–Crippen LogP) is 5.21. The van der Waals surface area contributed by atoms with Gasteiger partial charge < -0.3 is 19.5 Å². The van der Waals surface area contributed by atoms with Crippen LogP contribution in [-0.2, 0) is 5.60 Å². The summed E-state index contributed by atoms with van der Waals surface area (Å²) in [5.41, 5.74) is 1.44. The number of nitrogens with zero attached hydrogens (tertiary/aromatic N) is 1. The van der Waals surface area contributed by atoms with Crippen molar-refractivity contribution in [2.45, 2.75) is 30.8 Å². The third-order valence-electron chi connectivity index (χ3n) is 6.64. The van der Waals surface area contributed by atoms with E-state index in [-0.39, 0.29) is 5.92 Å². The first kappa shape index (κ1) is 22.4. The van der Waals surface area contributed by atoms with Gasteiger partial charge in [0.25, 0.3) is 0 Å². The number of para-hydroxylation sites is 1. The highest BCUT2D eigenvalue weighted by Crippen LogP contribution is 2.46. The summed E-state index contributed by atoms with van der Waals surface area (Å²) in [7, 11) is 3.32. The van der Waals surface area contributed by atoms with Crippen molar-refractivity contribution in [2.75, 3.05) is 33.9 Å². The van der Waals surface area contributed by atoms with E-state index in [0.717, 1.165) is 42.1 Å². The van der Waals surface area contributed by atoms with Gasteiger partial charge in [0.2, 0.25) is 0 Å². The van der Waals surface area contributed by atoms with E-state index in [0.29, 0.717) is 5.75 Å².